The van der Waals surface area contributed by atoms with Gasteiger partial charge < -0.3 is 10.8 Å². The summed E-state index contributed by atoms with van der Waals surface area (Å²) in [5, 5.41) is 10.1. The Balaban J connectivity index is 1.95. The molecule has 1 saturated heterocycles. The van der Waals surface area contributed by atoms with Gasteiger partial charge in [0.05, 0.1) is 6.10 Å². The van der Waals surface area contributed by atoms with Crippen LogP contribution in [0.3, 0.4) is 0 Å². The van der Waals surface area contributed by atoms with Gasteiger partial charge in [0.1, 0.15) is 0 Å². The second-order valence-electron chi connectivity index (χ2n) is 4.29. The smallest absolute Gasteiger partial charge is 0.0936 e. The van der Waals surface area contributed by atoms with E-state index >= 15 is 0 Å². The lowest BCUT2D eigenvalue weighted by Crippen LogP contribution is -2.40. The van der Waals surface area contributed by atoms with Crippen molar-refractivity contribution in [2.24, 2.45) is 0 Å². The number of hydrogen-bond acceptors (Lipinski definition) is 4. The Hall–Kier alpha value is -0.910. The number of nitrogen functional groups attached to an aromatic ring is 1. The SMILES string of the molecule is Nc1ccccc1C(O)CN1CCS(=O)CC1. The number of rotatable bonds is 3. The topological polar surface area (TPSA) is 66.6 Å². The Morgan fingerprint density at radius 1 is 1.35 bits per heavy atom. The molecule has 1 heterocycles. The summed E-state index contributed by atoms with van der Waals surface area (Å²) in [6.45, 7) is 2.14. The van der Waals surface area contributed by atoms with Gasteiger partial charge in [0.2, 0.25) is 0 Å². The standard InChI is InChI=1S/C12H18N2O2S/c13-11-4-2-1-3-10(11)12(15)9-14-5-7-17(16)8-6-14/h1-4,12,15H,5-9,13H2. The van der Waals surface area contributed by atoms with Gasteiger partial charge in [-0.2, -0.15) is 0 Å². The minimum Gasteiger partial charge on any atom is -0.398 e. The molecular weight excluding hydrogens is 236 g/mol. The average molecular weight is 254 g/mol. The van der Waals surface area contributed by atoms with E-state index in [0.29, 0.717) is 23.7 Å². The van der Waals surface area contributed by atoms with Crippen molar-refractivity contribution in [2.75, 3.05) is 36.9 Å². The Kier molecular flexibility index (Phi) is 4.15. The highest BCUT2D eigenvalue weighted by atomic mass is 32.2. The minimum atomic E-state index is -0.673. The Bertz CT molecular complexity index is 401. The first-order valence-electron chi connectivity index (χ1n) is 5.76. The molecule has 4 nitrogen and oxygen atoms in total. The average Bonchev–Trinajstić information content (AvgIpc) is 2.32. The number of nitrogens with zero attached hydrogens (tertiary/aromatic N) is 1. The first kappa shape index (κ1) is 12.5. The van der Waals surface area contributed by atoms with E-state index in [2.05, 4.69) is 4.90 Å². The van der Waals surface area contributed by atoms with Crippen molar-refractivity contribution in [1.82, 2.24) is 4.90 Å². The molecular formula is C12H18N2O2S. The summed E-state index contributed by atoms with van der Waals surface area (Å²) in [5.74, 6) is 1.41. The van der Waals surface area contributed by atoms with Crippen LogP contribution in [0.5, 0.6) is 0 Å². The molecule has 5 heteroatoms. The summed E-state index contributed by atoms with van der Waals surface area (Å²) in [4.78, 5) is 2.14. The van der Waals surface area contributed by atoms with E-state index in [1.165, 1.54) is 0 Å². The van der Waals surface area contributed by atoms with E-state index in [-0.39, 0.29) is 0 Å². The maximum absolute atomic E-state index is 11.2. The van der Waals surface area contributed by atoms with Gasteiger partial charge in [-0.3, -0.25) is 9.11 Å². The van der Waals surface area contributed by atoms with Crippen molar-refractivity contribution in [3.8, 4) is 0 Å². The summed E-state index contributed by atoms with van der Waals surface area (Å²) in [7, 11) is -0.673. The molecule has 1 unspecified atom stereocenters. The van der Waals surface area contributed by atoms with Crippen LogP contribution in [-0.4, -0.2) is 45.4 Å². The number of nitrogens with two attached hydrogens (primary N) is 1. The molecule has 1 aromatic carbocycles. The number of para-hydroxylation sites is 1. The van der Waals surface area contributed by atoms with Crippen LogP contribution in [-0.2, 0) is 10.8 Å². The van der Waals surface area contributed by atoms with Crippen molar-refractivity contribution in [2.45, 2.75) is 6.10 Å². The molecule has 2 rings (SSSR count). The van der Waals surface area contributed by atoms with Crippen LogP contribution in [0.1, 0.15) is 11.7 Å². The Labute approximate surface area is 104 Å². The van der Waals surface area contributed by atoms with E-state index in [4.69, 9.17) is 5.73 Å². The predicted molar refractivity (Wildman–Crippen MR) is 70.1 cm³/mol. The zero-order valence-corrected chi connectivity index (χ0v) is 10.5. The van der Waals surface area contributed by atoms with Crippen LogP contribution in [0.2, 0.25) is 0 Å². The highest BCUT2D eigenvalue weighted by Crippen LogP contribution is 2.21. The molecule has 1 aromatic rings. The lowest BCUT2D eigenvalue weighted by molar-refractivity contribution is 0.119. The van der Waals surface area contributed by atoms with E-state index in [1.54, 1.807) is 6.07 Å². The first-order valence-corrected chi connectivity index (χ1v) is 7.25. The molecule has 3 N–H and O–H groups in total. The van der Waals surface area contributed by atoms with Gasteiger partial charge in [-0.25, -0.2) is 0 Å². The third-order valence-corrected chi connectivity index (χ3v) is 4.33. The fraction of sp³-hybridized carbons (Fsp3) is 0.500. The molecule has 1 aliphatic heterocycles. The first-order chi connectivity index (χ1) is 8.16. The van der Waals surface area contributed by atoms with Gasteiger partial charge in [-0.1, -0.05) is 18.2 Å². The van der Waals surface area contributed by atoms with Crippen LogP contribution in [0, 0.1) is 0 Å². The molecule has 0 radical (unpaired) electrons. The summed E-state index contributed by atoms with van der Waals surface area (Å²) in [5.41, 5.74) is 7.22. The van der Waals surface area contributed by atoms with Gasteiger partial charge in [0.15, 0.2) is 0 Å². The molecule has 94 valence electrons. The summed E-state index contributed by atoms with van der Waals surface area (Å²) in [6, 6.07) is 7.38. The third kappa shape index (κ3) is 3.28. The number of β-amino-alcohol motifs (C(OH)–C–C–N with tert-alkyl or cyclic N) is 1. The largest absolute Gasteiger partial charge is 0.398 e. The van der Waals surface area contributed by atoms with Gasteiger partial charge in [0.25, 0.3) is 0 Å². The molecule has 1 fully saturated rings. The molecule has 1 atom stereocenters. The molecule has 1 aliphatic rings. The van der Waals surface area contributed by atoms with Crippen LogP contribution >= 0.6 is 0 Å². The molecule has 17 heavy (non-hydrogen) atoms. The fourth-order valence-electron chi connectivity index (χ4n) is 2.02. The van der Waals surface area contributed by atoms with Crippen LogP contribution in [0.15, 0.2) is 24.3 Å². The van der Waals surface area contributed by atoms with Gasteiger partial charge >= 0.3 is 0 Å². The van der Waals surface area contributed by atoms with E-state index in [9.17, 15) is 9.32 Å². The monoisotopic (exact) mass is 254 g/mol. The number of benzene rings is 1. The Morgan fingerprint density at radius 2 is 2.00 bits per heavy atom. The lowest BCUT2D eigenvalue weighted by Gasteiger charge is -2.28. The molecule has 0 aromatic heterocycles. The second kappa shape index (κ2) is 5.62. The van der Waals surface area contributed by atoms with E-state index in [1.807, 2.05) is 18.2 Å². The van der Waals surface area contributed by atoms with Crippen LogP contribution < -0.4 is 5.73 Å². The number of aliphatic hydroxyl groups excluding tert-OH is 1. The fourth-order valence-corrected chi connectivity index (χ4v) is 3.14. The molecule has 0 bridgehead atoms. The van der Waals surface area contributed by atoms with Crippen molar-refractivity contribution < 1.29 is 9.32 Å². The number of hydrogen-bond donors (Lipinski definition) is 2. The highest BCUT2D eigenvalue weighted by Gasteiger charge is 2.19. The predicted octanol–water partition coefficient (Wildman–Crippen LogP) is 0.367. The number of aliphatic hydroxyl groups is 1. The van der Waals surface area contributed by atoms with E-state index < -0.39 is 16.9 Å². The molecule has 0 spiro atoms. The lowest BCUT2D eigenvalue weighted by atomic mass is 10.1. The van der Waals surface area contributed by atoms with Crippen molar-refractivity contribution in [3.05, 3.63) is 29.8 Å². The minimum absolute atomic E-state index is 0.561. The van der Waals surface area contributed by atoms with Gasteiger partial charge in [0, 0.05) is 53.2 Å². The molecule has 0 amide bonds. The van der Waals surface area contributed by atoms with Gasteiger partial charge in [-0.05, 0) is 6.07 Å². The van der Waals surface area contributed by atoms with Crippen molar-refractivity contribution >= 4 is 16.5 Å². The summed E-state index contributed by atoms with van der Waals surface area (Å²) < 4.78 is 11.2. The summed E-state index contributed by atoms with van der Waals surface area (Å²) in [6.07, 6.45) is -0.567. The van der Waals surface area contributed by atoms with Crippen molar-refractivity contribution in [3.63, 3.8) is 0 Å². The Morgan fingerprint density at radius 3 is 2.65 bits per heavy atom. The van der Waals surface area contributed by atoms with Crippen LogP contribution in [0.4, 0.5) is 5.69 Å². The number of anilines is 1. The zero-order valence-electron chi connectivity index (χ0n) is 9.71. The quantitative estimate of drug-likeness (QED) is 0.765. The van der Waals surface area contributed by atoms with E-state index in [0.717, 1.165) is 18.7 Å². The maximum atomic E-state index is 11.2. The zero-order chi connectivity index (χ0) is 12.3. The van der Waals surface area contributed by atoms with Gasteiger partial charge in [-0.15, -0.1) is 0 Å². The van der Waals surface area contributed by atoms with Crippen LogP contribution in [0.25, 0.3) is 0 Å². The molecule has 0 aliphatic carbocycles. The maximum Gasteiger partial charge on any atom is 0.0936 e. The summed E-state index contributed by atoms with van der Waals surface area (Å²) >= 11 is 0. The normalized spacial score (nSPS) is 20.3. The second-order valence-corrected chi connectivity index (χ2v) is 5.99. The molecule has 0 saturated carbocycles. The highest BCUT2D eigenvalue weighted by molar-refractivity contribution is 7.85. The van der Waals surface area contributed by atoms with Crippen molar-refractivity contribution in [1.29, 1.82) is 0 Å². The third-order valence-electron chi connectivity index (χ3n) is 3.06.